The third-order valence-corrected chi connectivity index (χ3v) is 3.72. The van der Waals surface area contributed by atoms with Crippen LogP contribution in [0.15, 0.2) is 23.9 Å². The van der Waals surface area contributed by atoms with Crippen LogP contribution in [0.25, 0.3) is 0 Å². The Morgan fingerprint density at radius 2 is 1.94 bits per heavy atom. The molecule has 1 unspecified atom stereocenters. The van der Waals surface area contributed by atoms with Gasteiger partial charge in [0.1, 0.15) is 0 Å². The molecular formula is C15H27ClN2. The molecule has 0 saturated carbocycles. The van der Waals surface area contributed by atoms with E-state index in [4.69, 9.17) is 11.6 Å². The van der Waals surface area contributed by atoms with E-state index >= 15 is 0 Å². The molecule has 1 atom stereocenters. The molecule has 0 radical (unpaired) electrons. The van der Waals surface area contributed by atoms with Crippen molar-refractivity contribution in [3.05, 3.63) is 23.9 Å². The lowest BCUT2D eigenvalue weighted by Gasteiger charge is -2.23. The highest BCUT2D eigenvalue weighted by Gasteiger charge is 2.14. The van der Waals surface area contributed by atoms with Gasteiger partial charge in [0, 0.05) is 25.3 Å². The first-order chi connectivity index (χ1) is 8.75. The average molecular weight is 271 g/mol. The van der Waals surface area contributed by atoms with Gasteiger partial charge in [-0.05, 0) is 38.9 Å². The number of hydrogen-bond donors (Lipinski definition) is 0. The quantitative estimate of drug-likeness (QED) is 0.673. The minimum Gasteiger partial charge on any atom is -0.370 e. The zero-order chi connectivity index (χ0) is 13.4. The molecular weight excluding hydrogens is 244 g/mol. The van der Waals surface area contributed by atoms with Crippen LogP contribution in [0.4, 0.5) is 0 Å². The second-order valence-corrected chi connectivity index (χ2v) is 5.29. The molecule has 0 aromatic heterocycles. The second-order valence-electron chi connectivity index (χ2n) is 4.73. The molecule has 2 rings (SSSR count). The number of likely N-dealkylation sites (N-methyl/N-ethyl adjacent to an activating group) is 1. The molecule has 0 amide bonds. The number of halogens is 1. The number of rotatable bonds is 1. The lowest BCUT2D eigenvalue weighted by Crippen LogP contribution is -2.27. The molecule has 18 heavy (non-hydrogen) atoms. The zero-order valence-electron chi connectivity index (χ0n) is 12.0. The Morgan fingerprint density at radius 3 is 2.72 bits per heavy atom. The van der Waals surface area contributed by atoms with Crippen molar-refractivity contribution in [2.75, 3.05) is 33.2 Å². The Balaban J connectivity index is 0.000000771. The number of nitrogens with zero attached hydrogens (tertiary/aromatic N) is 2. The van der Waals surface area contributed by atoms with Gasteiger partial charge in [0.2, 0.25) is 0 Å². The van der Waals surface area contributed by atoms with Crippen LogP contribution in [0, 0.1) is 0 Å². The fourth-order valence-electron chi connectivity index (χ4n) is 2.30. The molecule has 0 aromatic rings. The van der Waals surface area contributed by atoms with Gasteiger partial charge in [-0.25, -0.2) is 0 Å². The van der Waals surface area contributed by atoms with Gasteiger partial charge in [-0.1, -0.05) is 26.0 Å². The van der Waals surface area contributed by atoms with Crippen molar-refractivity contribution in [1.29, 1.82) is 0 Å². The van der Waals surface area contributed by atoms with Crippen LogP contribution in [0.1, 0.15) is 33.1 Å². The van der Waals surface area contributed by atoms with Crippen molar-refractivity contribution >= 4 is 11.6 Å². The van der Waals surface area contributed by atoms with Crippen LogP contribution in [0.2, 0.25) is 0 Å². The van der Waals surface area contributed by atoms with E-state index in [1.165, 1.54) is 25.2 Å². The van der Waals surface area contributed by atoms with Crippen molar-refractivity contribution in [2.24, 2.45) is 0 Å². The van der Waals surface area contributed by atoms with E-state index in [1.807, 2.05) is 13.8 Å². The predicted octanol–water partition coefficient (Wildman–Crippen LogP) is 3.49. The van der Waals surface area contributed by atoms with Crippen molar-refractivity contribution in [3.63, 3.8) is 0 Å². The number of hydrogen-bond acceptors (Lipinski definition) is 2. The summed E-state index contributed by atoms with van der Waals surface area (Å²) in [5.74, 6) is 0. The highest BCUT2D eigenvalue weighted by atomic mass is 35.5. The normalized spacial score (nSPS) is 25.7. The summed E-state index contributed by atoms with van der Waals surface area (Å²) in [5.41, 5.74) is 1.37. The van der Waals surface area contributed by atoms with Crippen molar-refractivity contribution in [3.8, 4) is 0 Å². The van der Waals surface area contributed by atoms with Gasteiger partial charge in [-0.3, -0.25) is 0 Å². The SMILES string of the molecule is CC.CN1CCCN(C2=CCCC(Cl)C=C2)CC1. The predicted molar refractivity (Wildman–Crippen MR) is 81.1 cm³/mol. The largest absolute Gasteiger partial charge is 0.370 e. The summed E-state index contributed by atoms with van der Waals surface area (Å²) in [6, 6.07) is 0. The third-order valence-electron chi connectivity index (χ3n) is 3.36. The summed E-state index contributed by atoms with van der Waals surface area (Å²) >= 11 is 6.13. The zero-order valence-corrected chi connectivity index (χ0v) is 12.8. The second kappa shape index (κ2) is 8.60. The minimum atomic E-state index is 0.211. The lowest BCUT2D eigenvalue weighted by atomic mass is 10.2. The molecule has 2 nitrogen and oxygen atoms in total. The van der Waals surface area contributed by atoms with E-state index < -0.39 is 0 Å². The van der Waals surface area contributed by atoms with Gasteiger partial charge in [0.05, 0.1) is 5.38 Å². The van der Waals surface area contributed by atoms with Crippen LogP contribution < -0.4 is 0 Å². The van der Waals surface area contributed by atoms with E-state index in [0.29, 0.717) is 0 Å². The molecule has 0 bridgehead atoms. The summed E-state index contributed by atoms with van der Waals surface area (Å²) in [6.45, 7) is 8.69. The molecule has 1 fully saturated rings. The number of allylic oxidation sites excluding steroid dienone is 3. The van der Waals surface area contributed by atoms with E-state index in [-0.39, 0.29) is 5.38 Å². The Bertz CT molecular complexity index is 286. The first kappa shape index (κ1) is 15.6. The summed E-state index contributed by atoms with van der Waals surface area (Å²) in [7, 11) is 2.20. The van der Waals surface area contributed by atoms with Gasteiger partial charge in [-0.15, -0.1) is 11.6 Å². The molecule has 1 aliphatic heterocycles. The molecule has 2 aliphatic rings. The number of alkyl halides is 1. The molecule has 1 aliphatic carbocycles. The molecule has 3 heteroatoms. The summed E-state index contributed by atoms with van der Waals surface area (Å²) in [4.78, 5) is 4.90. The highest BCUT2D eigenvalue weighted by molar-refractivity contribution is 6.21. The summed E-state index contributed by atoms with van der Waals surface area (Å²) in [6.07, 6.45) is 10.1. The van der Waals surface area contributed by atoms with Gasteiger partial charge in [0.25, 0.3) is 0 Å². The van der Waals surface area contributed by atoms with Crippen molar-refractivity contribution in [1.82, 2.24) is 9.80 Å². The Labute approximate surface area is 117 Å². The van der Waals surface area contributed by atoms with Gasteiger partial charge < -0.3 is 9.80 Å². The maximum Gasteiger partial charge on any atom is 0.0522 e. The van der Waals surface area contributed by atoms with Crippen LogP contribution in [0.3, 0.4) is 0 Å². The van der Waals surface area contributed by atoms with Gasteiger partial charge >= 0.3 is 0 Å². The molecule has 0 N–H and O–H groups in total. The lowest BCUT2D eigenvalue weighted by molar-refractivity contribution is 0.329. The molecule has 104 valence electrons. The third kappa shape index (κ3) is 5.03. The fourth-order valence-corrected chi connectivity index (χ4v) is 2.50. The standard InChI is InChI=1S/C13H21ClN2.C2H6/c1-15-8-3-9-16(11-10-15)13-5-2-4-12(14)6-7-13;1-2/h5-7,12H,2-4,8-11H2,1H3;1-2H3. The maximum absolute atomic E-state index is 6.13. The van der Waals surface area contributed by atoms with E-state index in [9.17, 15) is 0 Å². The van der Waals surface area contributed by atoms with E-state index in [2.05, 4.69) is 35.1 Å². The van der Waals surface area contributed by atoms with E-state index in [0.717, 1.165) is 25.9 Å². The van der Waals surface area contributed by atoms with Gasteiger partial charge in [-0.2, -0.15) is 0 Å². The fraction of sp³-hybridized carbons (Fsp3) is 0.733. The Morgan fingerprint density at radius 1 is 1.17 bits per heavy atom. The van der Waals surface area contributed by atoms with Gasteiger partial charge in [0.15, 0.2) is 0 Å². The first-order valence-electron chi connectivity index (χ1n) is 7.21. The summed E-state index contributed by atoms with van der Waals surface area (Å²) < 4.78 is 0. The first-order valence-corrected chi connectivity index (χ1v) is 7.65. The Kier molecular flexibility index (Phi) is 7.45. The van der Waals surface area contributed by atoms with E-state index in [1.54, 1.807) is 0 Å². The monoisotopic (exact) mass is 270 g/mol. The summed E-state index contributed by atoms with van der Waals surface area (Å²) in [5, 5.41) is 0.211. The Hall–Kier alpha value is -0.470. The smallest absolute Gasteiger partial charge is 0.0522 e. The van der Waals surface area contributed by atoms with Crippen molar-refractivity contribution in [2.45, 2.75) is 38.5 Å². The maximum atomic E-state index is 6.13. The molecule has 0 spiro atoms. The molecule has 1 heterocycles. The minimum absolute atomic E-state index is 0.211. The van der Waals surface area contributed by atoms with Crippen molar-refractivity contribution < 1.29 is 0 Å². The van der Waals surface area contributed by atoms with Crippen LogP contribution in [0.5, 0.6) is 0 Å². The molecule has 1 saturated heterocycles. The highest BCUT2D eigenvalue weighted by Crippen LogP contribution is 2.19. The topological polar surface area (TPSA) is 6.48 Å². The van der Waals surface area contributed by atoms with Crippen LogP contribution >= 0.6 is 11.6 Å². The van der Waals surface area contributed by atoms with Crippen LogP contribution in [-0.4, -0.2) is 48.4 Å². The average Bonchev–Trinajstić information content (AvgIpc) is 2.72. The molecule has 0 aromatic carbocycles. The van der Waals surface area contributed by atoms with Crippen LogP contribution in [-0.2, 0) is 0 Å².